The highest BCUT2D eigenvalue weighted by molar-refractivity contribution is 6.30. The average molecular weight is 428 g/mol. The van der Waals surface area contributed by atoms with E-state index in [2.05, 4.69) is 20.6 Å². The second-order valence-electron chi connectivity index (χ2n) is 6.97. The summed E-state index contributed by atoms with van der Waals surface area (Å²) < 4.78 is 1.46. The third-order valence-electron chi connectivity index (χ3n) is 4.76. The first-order valence-electron chi connectivity index (χ1n) is 9.40. The Bertz CT molecular complexity index is 1240. The molecule has 1 saturated carbocycles. The highest BCUT2D eigenvalue weighted by atomic mass is 35.5. The van der Waals surface area contributed by atoms with Crippen LogP contribution in [0.25, 0.3) is 11.0 Å². The molecule has 9 nitrogen and oxygen atoms in total. The molecule has 0 bridgehead atoms. The fourth-order valence-corrected chi connectivity index (χ4v) is 3.22. The lowest BCUT2D eigenvalue weighted by Crippen LogP contribution is -2.35. The summed E-state index contributed by atoms with van der Waals surface area (Å²) in [5, 5.41) is 6.08. The van der Waals surface area contributed by atoms with Crippen LogP contribution in [0.4, 0.5) is 0 Å². The number of hydrogen-bond donors (Lipinski definition) is 3. The van der Waals surface area contributed by atoms with Crippen LogP contribution in [-0.2, 0) is 0 Å². The van der Waals surface area contributed by atoms with Crippen molar-refractivity contribution in [1.29, 1.82) is 0 Å². The van der Waals surface area contributed by atoms with Crippen molar-refractivity contribution in [2.75, 3.05) is 13.1 Å². The number of amides is 2. The van der Waals surface area contributed by atoms with Gasteiger partial charge in [0, 0.05) is 35.9 Å². The van der Waals surface area contributed by atoms with Gasteiger partial charge in [-0.15, -0.1) is 0 Å². The molecule has 0 aliphatic heterocycles. The smallest absolute Gasteiger partial charge is 0.330 e. The van der Waals surface area contributed by atoms with Gasteiger partial charge in [-0.05, 0) is 43.2 Å². The maximum Gasteiger partial charge on any atom is 0.330 e. The van der Waals surface area contributed by atoms with Crippen molar-refractivity contribution in [1.82, 2.24) is 25.2 Å². The fourth-order valence-electron chi connectivity index (χ4n) is 3.09. The zero-order valence-corrected chi connectivity index (χ0v) is 16.5. The molecule has 0 atom stereocenters. The Labute approximate surface area is 175 Å². The molecular formula is C20H18ClN5O4. The SMILES string of the molecule is O=C(NCCNC(=O)c1cnc2c(c1)c(=O)[nH]c(=O)n2C1CC1)c1ccc(Cl)cc1. The minimum absolute atomic E-state index is 0.0354. The van der Waals surface area contributed by atoms with Gasteiger partial charge in [-0.1, -0.05) is 11.6 Å². The van der Waals surface area contributed by atoms with Crippen LogP contribution in [0.3, 0.4) is 0 Å². The monoisotopic (exact) mass is 427 g/mol. The molecule has 0 spiro atoms. The van der Waals surface area contributed by atoms with Gasteiger partial charge in [0.1, 0.15) is 5.65 Å². The highest BCUT2D eigenvalue weighted by Crippen LogP contribution is 2.34. The second-order valence-corrected chi connectivity index (χ2v) is 7.41. The van der Waals surface area contributed by atoms with Crippen LogP contribution in [0.1, 0.15) is 39.6 Å². The molecule has 4 rings (SSSR count). The van der Waals surface area contributed by atoms with E-state index in [4.69, 9.17) is 11.6 Å². The van der Waals surface area contributed by atoms with Crippen molar-refractivity contribution in [3.8, 4) is 0 Å². The van der Waals surface area contributed by atoms with Gasteiger partial charge in [0.05, 0.1) is 10.9 Å². The van der Waals surface area contributed by atoms with Crippen molar-refractivity contribution in [3.63, 3.8) is 0 Å². The molecule has 1 aliphatic carbocycles. The second kappa shape index (κ2) is 8.11. The Hall–Kier alpha value is -3.46. The van der Waals surface area contributed by atoms with E-state index in [-0.39, 0.29) is 41.6 Å². The summed E-state index contributed by atoms with van der Waals surface area (Å²) in [4.78, 5) is 55.1. The third-order valence-corrected chi connectivity index (χ3v) is 5.01. The molecule has 1 fully saturated rings. The van der Waals surface area contributed by atoms with Gasteiger partial charge in [-0.3, -0.25) is 23.9 Å². The van der Waals surface area contributed by atoms with Crippen LogP contribution in [0.5, 0.6) is 0 Å². The van der Waals surface area contributed by atoms with Crippen LogP contribution >= 0.6 is 11.6 Å². The van der Waals surface area contributed by atoms with E-state index in [1.807, 2.05) is 0 Å². The minimum Gasteiger partial charge on any atom is -0.350 e. The van der Waals surface area contributed by atoms with Crippen LogP contribution < -0.4 is 21.9 Å². The van der Waals surface area contributed by atoms with Crippen LogP contribution in [0.15, 0.2) is 46.1 Å². The summed E-state index contributed by atoms with van der Waals surface area (Å²) in [6, 6.07) is 7.91. The van der Waals surface area contributed by atoms with Crippen LogP contribution in [0.2, 0.25) is 5.02 Å². The minimum atomic E-state index is -0.579. The van der Waals surface area contributed by atoms with Gasteiger partial charge in [0.25, 0.3) is 17.4 Å². The summed E-state index contributed by atoms with van der Waals surface area (Å²) in [5.41, 5.74) is -0.137. The number of hydrogen-bond acceptors (Lipinski definition) is 5. The number of rotatable bonds is 6. The number of nitrogens with one attached hydrogen (secondary N) is 3. The van der Waals surface area contributed by atoms with Crippen molar-refractivity contribution in [3.05, 3.63) is 73.5 Å². The molecule has 2 heterocycles. The molecular weight excluding hydrogens is 410 g/mol. The van der Waals surface area contributed by atoms with Crippen molar-refractivity contribution >= 4 is 34.4 Å². The van der Waals surface area contributed by atoms with Crippen molar-refractivity contribution in [2.45, 2.75) is 18.9 Å². The van der Waals surface area contributed by atoms with Gasteiger partial charge in [-0.2, -0.15) is 0 Å². The topological polar surface area (TPSA) is 126 Å². The van der Waals surface area contributed by atoms with Gasteiger partial charge in [-0.25, -0.2) is 9.78 Å². The molecule has 154 valence electrons. The Morgan fingerprint density at radius 3 is 2.33 bits per heavy atom. The number of aromatic nitrogens is 3. The molecule has 10 heteroatoms. The molecule has 3 aromatic rings. The van der Waals surface area contributed by atoms with E-state index in [9.17, 15) is 19.2 Å². The summed E-state index contributed by atoms with van der Waals surface area (Å²) >= 11 is 5.79. The van der Waals surface area contributed by atoms with E-state index in [0.717, 1.165) is 12.8 Å². The number of fused-ring (bicyclic) bond motifs is 1. The molecule has 1 aliphatic rings. The number of aromatic amines is 1. The molecule has 0 saturated heterocycles. The first-order valence-corrected chi connectivity index (χ1v) is 9.78. The van der Waals surface area contributed by atoms with Crippen LogP contribution in [-0.4, -0.2) is 39.4 Å². The number of carbonyl (C=O) groups excluding carboxylic acids is 2. The fraction of sp³-hybridized carbons (Fsp3) is 0.250. The van der Waals surface area contributed by atoms with Gasteiger partial charge in [0.15, 0.2) is 0 Å². The summed E-state index contributed by atoms with van der Waals surface area (Å²) in [7, 11) is 0. The highest BCUT2D eigenvalue weighted by Gasteiger charge is 2.27. The van der Waals surface area contributed by atoms with E-state index in [1.54, 1.807) is 24.3 Å². The largest absolute Gasteiger partial charge is 0.350 e. The van der Waals surface area contributed by atoms with E-state index >= 15 is 0 Å². The lowest BCUT2D eigenvalue weighted by atomic mass is 10.2. The quantitative estimate of drug-likeness (QED) is 0.510. The first kappa shape index (κ1) is 19.8. The number of carbonyl (C=O) groups is 2. The van der Waals surface area contributed by atoms with Gasteiger partial charge < -0.3 is 10.6 Å². The number of H-pyrrole nitrogens is 1. The summed E-state index contributed by atoms with van der Waals surface area (Å²) in [6.07, 6.45) is 3.04. The molecule has 30 heavy (non-hydrogen) atoms. The average Bonchev–Trinajstić information content (AvgIpc) is 3.56. The van der Waals surface area contributed by atoms with E-state index < -0.39 is 17.2 Å². The maximum absolute atomic E-state index is 12.4. The standard InChI is InChI=1S/C20H18ClN5O4/c21-13-3-1-11(2-4-13)17(27)22-7-8-23-18(28)12-9-15-16(24-10-12)26(14-5-6-14)20(30)25-19(15)29/h1-4,9-10,14H,5-8H2,(H,22,27)(H,23,28)(H,25,29,30). The lowest BCUT2D eigenvalue weighted by Gasteiger charge is -2.09. The maximum atomic E-state index is 12.4. The first-order chi connectivity index (χ1) is 14.4. The normalized spacial score (nSPS) is 13.2. The number of pyridine rings is 1. The number of nitrogens with zero attached hydrogens (tertiary/aromatic N) is 2. The van der Waals surface area contributed by atoms with Gasteiger partial charge >= 0.3 is 5.69 Å². The molecule has 1 aromatic carbocycles. The Kier molecular flexibility index (Phi) is 5.37. The van der Waals surface area contributed by atoms with Crippen LogP contribution in [0, 0.1) is 0 Å². The van der Waals surface area contributed by atoms with E-state index in [1.165, 1.54) is 16.8 Å². The predicted molar refractivity (Wildman–Crippen MR) is 111 cm³/mol. The zero-order valence-electron chi connectivity index (χ0n) is 15.8. The molecule has 0 radical (unpaired) electrons. The molecule has 2 amide bonds. The summed E-state index contributed by atoms with van der Waals surface area (Å²) in [6.45, 7) is 0.407. The predicted octanol–water partition coefficient (Wildman–Crippen LogP) is 1.23. The third kappa shape index (κ3) is 4.11. The molecule has 3 N–H and O–H groups in total. The zero-order chi connectivity index (χ0) is 21.3. The Morgan fingerprint density at radius 1 is 1.07 bits per heavy atom. The van der Waals surface area contributed by atoms with E-state index in [0.29, 0.717) is 10.6 Å². The Morgan fingerprint density at radius 2 is 1.70 bits per heavy atom. The Balaban J connectivity index is 1.40. The molecule has 0 unspecified atom stereocenters. The lowest BCUT2D eigenvalue weighted by molar-refractivity contribution is 0.0927. The number of halogens is 1. The van der Waals surface area contributed by atoms with Gasteiger partial charge in [0.2, 0.25) is 0 Å². The number of benzene rings is 1. The summed E-state index contributed by atoms with van der Waals surface area (Å²) in [5.74, 6) is -0.716. The van der Waals surface area contributed by atoms with Crippen molar-refractivity contribution < 1.29 is 9.59 Å². The van der Waals surface area contributed by atoms with Crippen molar-refractivity contribution in [2.24, 2.45) is 0 Å². The molecule has 2 aromatic heterocycles.